The van der Waals surface area contributed by atoms with Crippen molar-refractivity contribution >= 4 is 46.4 Å². The van der Waals surface area contributed by atoms with Crippen LogP contribution in [0.5, 0.6) is 5.75 Å². The molecular formula is C17H17Cl2N3O3. The number of carbonyl (C=O) groups excluding carboxylic acids is 2. The van der Waals surface area contributed by atoms with E-state index in [1.54, 1.807) is 36.4 Å². The van der Waals surface area contributed by atoms with Crippen molar-refractivity contribution in [2.45, 2.75) is 0 Å². The first-order valence-electron chi connectivity index (χ1n) is 7.33. The quantitative estimate of drug-likeness (QED) is 0.716. The lowest BCUT2D eigenvalue weighted by Gasteiger charge is -2.10. The molecule has 2 aromatic rings. The molecule has 0 unspecified atom stereocenters. The molecule has 132 valence electrons. The van der Waals surface area contributed by atoms with Crippen molar-refractivity contribution in [2.75, 3.05) is 31.3 Å². The Labute approximate surface area is 155 Å². The molecule has 0 heterocycles. The molecule has 0 saturated carbocycles. The Hall–Kier alpha value is -2.44. The molecule has 0 aliphatic carbocycles. The van der Waals surface area contributed by atoms with Gasteiger partial charge in [0.1, 0.15) is 5.75 Å². The van der Waals surface area contributed by atoms with Gasteiger partial charge in [-0.2, -0.15) is 0 Å². The van der Waals surface area contributed by atoms with Crippen LogP contribution < -0.4 is 20.7 Å². The van der Waals surface area contributed by atoms with E-state index in [0.29, 0.717) is 32.7 Å². The number of hydrogen-bond acceptors (Lipinski definition) is 4. The Morgan fingerprint density at radius 1 is 1.04 bits per heavy atom. The highest BCUT2D eigenvalue weighted by Crippen LogP contribution is 2.27. The molecule has 0 radical (unpaired) electrons. The number of amides is 2. The summed E-state index contributed by atoms with van der Waals surface area (Å²) in [5.74, 6) is 0.00190. The van der Waals surface area contributed by atoms with Gasteiger partial charge in [0, 0.05) is 18.4 Å². The fourth-order valence-electron chi connectivity index (χ4n) is 2.08. The number of nitrogens with one attached hydrogen (secondary N) is 3. The van der Waals surface area contributed by atoms with Gasteiger partial charge in [-0.1, -0.05) is 23.2 Å². The zero-order chi connectivity index (χ0) is 18.4. The van der Waals surface area contributed by atoms with E-state index < -0.39 is 0 Å². The van der Waals surface area contributed by atoms with Gasteiger partial charge in [0.15, 0.2) is 0 Å². The first-order chi connectivity index (χ1) is 11.9. The van der Waals surface area contributed by atoms with Crippen molar-refractivity contribution in [2.24, 2.45) is 0 Å². The van der Waals surface area contributed by atoms with E-state index >= 15 is 0 Å². The summed E-state index contributed by atoms with van der Waals surface area (Å²) in [7, 11) is 3.05. The lowest BCUT2D eigenvalue weighted by Crippen LogP contribution is -2.22. The minimum absolute atomic E-state index is 0.0271. The van der Waals surface area contributed by atoms with Crippen LogP contribution in [0.3, 0.4) is 0 Å². The predicted molar refractivity (Wildman–Crippen MR) is 100.0 cm³/mol. The Balaban J connectivity index is 1.95. The zero-order valence-electron chi connectivity index (χ0n) is 13.7. The highest BCUT2D eigenvalue weighted by atomic mass is 35.5. The summed E-state index contributed by atoms with van der Waals surface area (Å²) in [6.07, 6.45) is 0. The Kier molecular flexibility index (Phi) is 6.50. The van der Waals surface area contributed by atoms with Gasteiger partial charge in [0.25, 0.3) is 5.91 Å². The minimum atomic E-state index is -0.273. The maximum absolute atomic E-state index is 12.0. The fourth-order valence-corrected chi connectivity index (χ4v) is 2.60. The van der Waals surface area contributed by atoms with Gasteiger partial charge in [-0.3, -0.25) is 9.59 Å². The van der Waals surface area contributed by atoms with E-state index in [-0.39, 0.29) is 18.4 Å². The number of carbonyl (C=O) groups is 2. The molecule has 6 nitrogen and oxygen atoms in total. The molecule has 2 rings (SSSR count). The molecule has 3 N–H and O–H groups in total. The summed E-state index contributed by atoms with van der Waals surface area (Å²) in [5, 5.41) is 8.87. The second-order valence-electron chi connectivity index (χ2n) is 5.02. The third-order valence-corrected chi connectivity index (χ3v) is 3.94. The van der Waals surface area contributed by atoms with E-state index in [1.807, 2.05) is 0 Å². The molecule has 0 aliphatic heterocycles. The second-order valence-corrected chi connectivity index (χ2v) is 5.84. The maximum atomic E-state index is 12.0. The standard InChI is InChI=1S/C17H17Cl2N3O3/c1-20-17(24)12-5-3-10(7-13(12)18)21-9-16(23)22-11-4-6-15(25-2)14(19)8-11/h3-8,21H,9H2,1-2H3,(H,20,24)(H,22,23). The number of halogens is 2. The van der Waals surface area contributed by atoms with E-state index in [0.717, 1.165) is 0 Å². The summed E-state index contributed by atoms with van der Waals surface area (Å²) in [5.41, 5.74) is 1.55. The summed E-state index contributed by atoms with van der Waals surface area (Å²) >= 11 is 12.1. The van der Waals surface area contributed by atoms with Gasteiger partial charge < -0.3 is 20.7 Å². The lowest BCUT2D eigenvalue weighted by molar-refractivity contribution is -0.114. The highest BCUT2D eigenvalue weighted by Gasteiger charge is 2.10. The third kappa shape index (κ3) is 5.01. The zero-order valence-corrected chi connectivity index (χ0v) is 15.2. The molecule has 0 atom stereocenters. The Bertz CT molecular complexity index is 797. The van der Waals surface area contributed by atoms with Crippen LogP contribution in [0.4, 0.5) is 11.4 Å². The summed E-state index contributed by atoms with van der Waals surface area (Å²) in [6, 6.07) is 9.82. The van der Waals surface area contributed by atoms with Crippen molar-refractivity contribution in [3.05, 3.63) is 52.0 Å². The first-order valence-corrected chi connectivity index (χ1v) is 8.09. The largest absolute Gasteiger partial charge is 0.495 e. The number of benzene rings is 2. The molecule has 0 aromatic heterocycles. The van der Waals surface area contributed by atoms with Crippen LogP contribution in [0.2, 0.25) is 10.0 Å². The average molecular weight is 382 g/mol. The van der Waals surface area contributed by atoms with Gasteiger partial charge in [-0.05, 0) is 36.4 Å². The van der Waals surface area contributed by atoms with Crippen molar-refractivity contribution < 1.29 is 14.3 Å². The van der Waals surface area contributed by atoms with E-state index in [1.165, 1.54) is 14.2 Å². The van der Waals surface area contributed by atoms with Crippen molar-refractivity contribution in [1.29, 1.82) is 0 Å². The summed E-state index contributed by atoms with van der Waals surface area (Å²) < 4.78 is 5.06. The molecule has 2 aromatic carbocycles. The molecule has 0 spiro atoms. The number of ether oxygens (including phenoxy) is 1. The smallest absolute Gasteiger partial charge is 0.252 e. The van der Waals surface area contributed by atoms with Crippen molar-refractivity contribution in [1.82, 2.24) is 5.32 Å². The van der Waals surface area contributed by atoms with Gasteiger partial charge >= 0.3 is 0 Å². The third-order valence-electron chi connectivity index (χ3n) is 3.33. The summed E-state index contributed by atoms with van der Waals surface area (Å²) in [6.45, 7) is 0.0271. The molecule has 0 saturated heterocycles. The monoisotopic (exact) mass is 381 g/mol. The second kappa shape index (κ2) is 8.60. The molecule has 0 aliphatic rings. The average Bonchev–Trinajstić information content (AvgIpc) is 2.59. The summed E-state index contributed by atoms with van der Waals surface area (Å²) in [4.78, 5) is 23.6. The normalized spacial score (nSPS) is 10.1. The molecule has 25 heavy (non-hydrogen) atoms. The molecule has 0 bridgehead atoms. The van der Waals surface area contributed by atoms with Crippen LogP contribution in [0.15, 0.2) is 36.4 Å². The Morgan fingerprint density at radius 3 is 2.32 bits per heavy atom. The minimum Gasteiger partial charge on any atom is -0.495 e. The topological polar surface area (TPSA) is 79.5 Å². The first kappa shape index (κ1) is 18.9. The molecule has 2 amide bonds. The van der Waals surface area contributed by atoms with E-state index in [4.69, 9.17) is 27.9 Å². The number of rotatable bonds is 6. The number of anilines is 2. The SMILES string of the molecule is CNC(=O)c1ccc(NCC(=O)Nc2ccc(OC)c(Cl)c2)cc1Cl. The molecule has 0 fully saturated rings. The fraction of sp³-hybridized carbons (Fsp3) is 0.176. The van der Waals surface area contributed by atoms with Crippen LogP contribution in [-0.2, 0) is 4.79 Å². The van der Waals surface area contributed by atoms with Gasteiger partial charge in [0.2, 0.25) is 5.91 Å². The van der Waals surface area contributed by atoms with Gasteiger partial charge in [-0.15, -0.1) is 0 Å². The van der Waals surface area contributed by atoms with Crippen LogP contribution in [0.25, 0.3) is 0 Å². The molecule has 8 heteroatoms. The lowest BCUT2D eigenvalue weighted by atomic mass is 10.2. The van der Waals surface area contributed by atoms with Gasteiger partial charge in [0.05, 0.1) is 29.3 Å². The van der Waals surface area contributed by atoms with E-state index in [2.05, 4.69) is 16.0 Å². The molecular weight excluding hydrogens is 365 g/mol. The predicted octanol–water partition coefficient (Wildman–Crippen LogP) is 3.41. The van der Waals surface area contributed by atoms with Crippen molar-refractivity contribution in [3.8, 4) is 5.75 Å². The van der Waals surface area contributed by atoms with Crippen LogP contribution in [-0.4, -0.2) is 32.5 Å². The highest BCUT2D eigenvalue weighted by molar-refractivity contribution is 6.34. The maximum Gasteiger partial charge on any atom is 0.252 e. The van der Waals surface area contributed by atoms with Crippen LogP contribution in [0, 0.1) is 0 Å². The van der Waals surface area contributed by atoms with Crippen LogP contribution >= 0.6 is 23.2 Å². The van der Waals surface area contributed by atoms with E-state index in [9.17, 15) is 9.59 Å². The Morgan fingerprint density at radius 2 is 1.72 bits per heavy atom. The van der Waals surface area contributed by atoms with Gasteiger partial charge in [-0.25, -0.2) is 0 Å². The van der Waals surface area contributed by atoms with Crippen molar-refractivity contribution in [3.63, 3.8) is 0 Å². The number of hydrogen-bond donors (Lipinski definition) is 3. The van der Waals surface area contributed by atoms with Crippen LogP contribution in [0.1, 0.15) is 10.4 Å². The number of methoxy groups -OCH3 is 1.